The predicted octanol–water partition coefficient (Wildman–Crippen LogP) is 2.48. The topological polar surface area (TPSA) is 40.5 Å². The molecule has 2 rings (SSSR count). The second-order valence-corrected chi connectivity index (χ2v) is 7.12. The molecular weight excluding hydrogens is 238 g/mol. The molecule has 3 heteroatoms. The number of hydrogen-bond acceptors (Lipinski definition) is 3. The number of rotatable bonds is 4. The highest BCUT2D eigenvalue weighted by atomic mass is 16.3. The van der Waals surface area contributed by atoms with Crippen LogP contribution in [0.15, 0.2) is 0 Å². The molecule has 0 aromatic heterocycles. The maximum atomic E-state index is 12.5. The number of ketones is 1. The summed E-state index contributed by atoms with van der Waals surface area (Å²) in [5, 5.41) is 9.06. The molecule has 3 nitrogen and oxygen atoms in total. The Hall–Kier alpha value is -0.410. The Balaban J connectivity index is 1.88. The normalized spacial score (nSPS) is 32.5. The maximum Gasteiger partial charge on any atom is 0.142 e. The minimum Gasteiger partial charge on any atom is -0.396 e. The number of carbonyl (C=O) groups is 1. The van der Waals surface area contributed by atoms with E-state index in [0.29, 0.717) is 18.3 Å². The first-order valence-corrected chi connectivity index (χ1v) is 7.90. The Kier molecular flexibility index (Phi) is 5.02. The average Bonchev–Trinajstić information content (AvgIpc) is 2.36. The first-order chi connectivity index (χ1) is 9.03. The van der Waals surface area contributed by atoms with E-state index in [1.54, 1.807) is 0 Å². The van der Waals surface area contributed by atoms with Crippen molar-refractivity contribution < 1.29 is 9.90 Å². The summed E-state index contributed by atoms with van der Waals surface area (Å²) < 4.78 is 0. The van der Waals surface area contributed by atoms with E-state index >= 15 is 0 Å². The zero-order valence-corrected chi connectivity index (χ0v) is 12.5. The number of Topliss-reactive ketones (excluding diaryl/α,β-unsaturated/α-hetero) is 1. The van der Waals surface area contributed by atoms with Crippen molar-refractivity contribution in [1.82, 2.24) is 4.90 Å². The van der Waals surface area contributed by atoms with E-state index in [9.17, 15) is 4.79 Å². The molecular formula is C16H29NO2. The van der Waals surface area contributed by atoms with Crippen LogP contribution in [0.5, 0.6) is 0 Å². The van der Waals surface area contributed by atoms with E-state index in [1.165, 1.54) is 19.3 Å². The molecule has 110 valence electrons. The summed E-state index contributed by atoms with van der Waals surface area (Å²) in [6, 6.07) is 0. The van der Waals surface area contributed by atoms with Gasteiger partial charge in [0.25, 0.3) is 0 Å². The fourth-order valence-electron chi connectivity index (χ4n) is 3.82. The second-order valence-electron chi connectivity index (χ2n) is 7.12. The van der Waals surface area contributed by atoms with Crippen molar-refractivity contribution >= 4 is 5.78 Å². The van der Waals surface area contributed by atoms with Crippen LogP contribution in [0.4, 0.5) is 0 Å². The Morgan fingerprint density at radius 3 is 2.84 bits per heavy atom. The Bertz CT molecular complexity index is 312. The highest BCUT2D eigenvalue weighted by Gasteiger charge is 2.38. The van der Waals surface area contributed by atoms with Gasteiger partial charge in [-0.25, -0.2) is 0 Å². The summed E-state index contributed by atoms with van der Waals surface area (Å²) in [5.41, 5.74) is -0.108. The van der Waals surface area contributed by atoms with E-state index in [2.05, 4.69) is 18.7 Å². The van der Waals surface area contributed by atoms with Gasteiger partial charge in [-0.2, -0.15) is 0 Å². The lowest BCUT2D eigenvalue weighted by Crippen LogP contribution is -2.44. The molecule has 0 bridgehead atoms. The van der Waals surface area contributed by atoms with Gasteiger partial charge in [-0.05, 0) is 44.6 Å². The number of aliphatic hydroxyl groups excluding tert-OH is 1. The smallest absolute Gasteiger partial charge is 0.142 e. The molecule has 1 N–H and O–H groups in total. The van der Waals surface area contributed by atoms with Crippen LogP contribution in [0.3, 0.4) is 0 Å². The van der Waals surface area contributed by atoms with Crippen LogP contribution >= 0.6 is 0 Å². The van der Waals surface area contributed by atoms with Crippen molar-refractivity contribution in [2.75, 3.05) is 26.2 Å². The zero-order valence-electron chi connectivity index (χ0n) is 12.5. The minimum atomic E-state index is -0.108. The summed E-state index contributed by atoms with van der Waals surface area (Å²) in [7, 11) is 0. The van der Waals surface area contributed by atoms with Crippen LogP contribution in [0.25, 0.3) is 0 Å². The van der Waals surface area contributed by atoms with E-state index < -0.39 is 0 Å². The van der Waals surface area contributed by atoms with Crippen molar-refractivity contribution in [3.05, 3.63) is 0 Å². The highest BCUT2D eigenvalue weighted by molar-refractivity contribution is 5.87. The number of likely N-dealkylation sites (tertiary alicyclic amines) is 1. The molecule has 1 heterocycles. The van der Waals surface area contributed by atoms with Gasteiger partial charge >= 0.3 is 0 Å². The predicted molar refractivity (Wildman–Crippen MR) is 77.0 cm³/mol. The van der Waals surface area contributed by atoms with Crippen molar-refractivity contribution in [2.24, 2.45) is 17.3 Å². The number of nitrogens with zero attached hydrogens (tertiary/aromatic N) is 1. The number of aliphatic hydroxyl groups is 1. The highest BCUT2D eigenvalue weighted by Crippen LogP contribution is 2.36. The third-order valence-corrected chi connectivity index (χ3v) is 5.01. The van der Waals surface area contributed by atoms with Gasteiger partial charge < -0.3 is 10.0 Å². The van der Waals surface area contributed by atoms with Gasteiger partial charge in [0.15, 0.2) is 0 Å². The van der Waals surface area contributed by atoms with Gasteiger partial charge in [0.1, 0.15) is 5.78 Å². The summed E-state index contributed by atoms with van der Waals surface area (Å²) in [5.74, 6) is 1.35. The Labute approximate surface area is 117 Å². The van der Waals surface area contributed by atoms with Crippen LogP contribution in [0.2, 0.25) is 0 Å². The van der Waals surface area contributed by atoms with Gasteiger partial charge in [-0.15, -0.1) is 0 Å². The molecule has 1 aliphatic heterocycles. The molecule has 2 aliphatic rings. The minimum absolute atomic E-state index is 0.108. The molecule has 0 radical (unpaired) electrons. The van der Waals surface area contributed by atoms with Crippen LogP contribution in [0, 0.1) is 17.3 Å². The summed E-state index contributed by atoms with van der Waals surface area (Å²) in [4.78, 5) is 14.9. The first-order valence-electron chi connectivity index (χ1n) is 7.90. The van der Waals surface area contributed by atoms with Gasteiger partial charge in [-0.3, -0.25) is 4.79 Å². The van der Waals surface area contributed by atoms with Crippen molar-refractivity contribution in [2.45, 2.75) is 52.4 Å². The summed E-state index contributed by atoms with van der Waals surface area (Å²) in [6.07, 6.45) is 6.69. The van der Waals surface area contributed by atoms with E-state index in [4.69, 9.17) is 5.11 Å². The summed E-state index contributed by atoms with van der Waals surface area (Å²) in [6.45, 7) is 7.66. The number of carbonyl (C=O) groups excluding carboxylic acids is 1. The lowest BCUT2D eigenvalue weighted by Gasteiger charge is -2.39. The average molecular weight is 267 g/mol. The molecule has 1 saturated heterocycles. The second kappa shape index (κ2) is 6.36. The standard InChI is InChI=1S/C16H29NO2/c1-16(2)8-3-6-14(15(16)19)12-17-9-4-5-13(11-17)7-10-18/h13-14,18H,3-12H2,1-2H3. The monoisotopic (exact) mass is 267 g/mol. The Morgan fingerprint density at radius 1 is 1.32 bits per heavy atom. The van der Waals surface area contributed by atoms with Gasteiger partial charge in [-0.1, -0.05) is 20.3 Å². The maximum absolute atomic E-state index is 12.5. The quantitative estimate of drug-likeness (QED) is 0.850. The largest absolute Gasteiger partial charge is 0.396 e. The van der Waals surface area contributed by atoms with Gasteiger partial charge in [0.05, 0.1) is 0 Å². The third-order valence-electron chi connectivity index (χ3n) is 5.01. The van der Waals surface area contributed by atoms with Crippen molar-refractivity contribution in [3.8, 4) is 0 Å². The van der Waals surface area contributed by atoms with E-state index in [1.807, 2.05) is 0 Å². The third kappa shape index (κ3) is 3.79. The molecule has 2 fully saturated rings. The molecule has 0 aromatic rings. The first kappa shape index (κ1) is 15.0. The molecule has 1 saturated carbocycles. The fourth-order valence-corrected chi connectivity index (χ4v) is 3.82. The molecule has 2 atom stereocenters. The molecule has 0 amide bonds. The molecule has 0 spiro atoms. The van der Waals surface area contributed by atoms with Gasteiger partial charge in [0, 0.05) is 31.0 Å². The van der Waals surface area contributed by atoms with Crippen molar-refractivity contribution in [3.63, 3.8) is 0 Å². The van der Waals surface area contributed by atoms with Crippen LogP contribution in [0.1, 0.15) is 52.4 Å². The van der Waals surface area contributed by atoms with Crippen LogP contribution < -0.4 is 0 Å². The molecule has 0 aromatic carbocycles. The summed E-state index contributed by atoms with van der Waals surface area (Å²) >= 11 is 0. The SMILES string of the molecule is CC1(C)CCCC(CN2CCCC(CCO)C2)C1=O. The van der Waals surface area contributed by atoms with Gasteiger partial charge in [0.2, 0.25) is 0 Å². The molecule has 2 unspecified atom stereocenters. The van der Waals surface area contributed by atoms with Crippen molar-refractivity contribution in [1.29, 1.82) is 0 Å². The van der Waals surface area contributed by atoms with E-state index in [-0.39, 0.29) is 11.3 Å². The lowest BCUT2D eigenvalue weighted by molar-refractivity contribution is -0.135. The van der Waals surface area contributed by atoms with E-state index in [0.717, 1.165) is 38.9 Å². The number of piperidine rings is 1. The fraction of sp³-hybridized carbons (Fsp3) is 0.938. The van der Waals surface area contributed by atoms with Crippen LogP contribution in [-0.2, 0) is 4.79 Å². The van der Waals surface area contributed by atoms with Crippen LogP contribution in [-0.4, -0.2) is 42.0 Å². The Morgan fingerprint density at radius 2 is 2.11 bits per heavy atom. The zero-order chi connectivity index (χ0) is 13.9. The molecule has 19 heavy (non-hydrogen) atoms. The number of hydrogen-bond donors (Lipinski definition) is 1. The lowest BCUT2D eigenvalue weighted by atomic mass is 9.71. The molecule has 1 aliphatic carbocycles.